The molecular formula is C12H21ClN4O. The molecule has 0 aromatic carbocycles. The molecule has 1 spiro atoms. The summed E-state index contributed by atoms with van der Waals surface area (Å²) in [5.74, 6) is 1.30. The lowest BCUT2D eigenvalue weighted by Crippen LogP contribution is -2.14. The van der Waals surface area contributed by atoms with Gasteiger partial charge in [-0.15, -0.1) is 17.5 Å². The van der Waals surface area contributed by atoms with Crippen LogP contribution < -0.4 is 11.1 Å². The molecule has 0 bridgehead atoms. The number of halogens is 1. The first kappa shape index (κ1) is 13.6. The van der Waals surface area contributed by atoms with Gasteiger partial charge in [-0.1, -0.05) is 24.4 Å². The monoisotopic (exact) mass is 272 g/mol. The van der Waals surface area contributed by atoms with Gasteiger partial charge in [0.05, 0.1) is 6.54 Å². The SMILES string of the molecule is Cl.NCc1nnc(NCC2CC23CCCCC3)o1. The highest BCUT2D eigenvalue weighted by molar-refractivity contribution is 5.85. The third-order valence-corrected chi connectivity index (χ3v) is 4.35. The zero-order chi connectivity index (χ0) is 11.7. The predicted octanol–water partition coefficient (Wildman–Crippen LogP) is 2.33. The molecule has 1 heterocycles. The Morgan fingerprint density at radius 1 is 1.28 bits per heavy atom. The molecule has 0 aliphatic heterocycles. The molecule has 0 amide bonds. The van der Waals surface area contributed by atoms with Crippen LogP contribution in [0.2, 0.25) is 0 Å². The van der Waals surface area contributed by atoms with Crippen molar-refractivity contribution in [2.24, 2.45) is 17.1 Å². The number of nitrogens with two attached hydrogens (primary N) is 1. The van der Waals surface area contributed by atoms with E-state index in [9.17, 15) is 0 Å². The van der Waals surface area contributed by atoms with Crippen LogP contribution in [0.25, 0.3) is 0 Å². The van der Waals surface area contributed by atoms with Crippen LogP contribution in [0, 0.1) is 11.3 Å². The largest absolute Gasteiger partial charge is 0.407 e. The summed E-state index contributed by atoms with van der Waals surface area (Å²) >= 11 is 0. The van der Waals surface area contributed by atoms with Crippen molar-refractivity contribution in [1.82, 2.24) is 10.2 Å². The van der Waals surface area contributed by atoms with Crippen molar-refractivity contribution in [2.75, 3.05) is 11.9 Å². The van der Waals surface area contributed by atoms with E-state index in [0.29, 0.717) is 23.9 Å². The Hall–Kier alpha value is -0.810. The summed E-state index contributed by atoms with van der Waals surface area (Å²) in [6.07, 6.45) is 8.44. The predicted molar refractivity (Wildman–Crippen MR) is 71.6 cm³/mol. The minimum absolute atomic E-state index is 0. The van der Waals surface area contributed by atoms with Gasteiger partial charge in [0, 0.05) is 6.54 Å². The van der Waals surface area contributed by atoms with Crippen LogP contribution in [0.15, 0.2) is 4.42 Å². The number of rotatable bonds is 4. The van der Waals surface area contributed by atoms with Crippen LogP contribution in [0.3, 0.4) is 0 Å². The van der Waals surface area contributed by atoms with Gasteiger partial charge in [-0.25, -0.2) is 0 Å². The topological polar surface area (TPSA) is 77.0 Å². The zero-order valence-corrected chi connectivity index (χ0v) is 11.3. The molecule has 1 aromatic heterocycles. The van der Waals surface area contributed by atoms with Gasteiger partial charge in [0.25, 0.3) is 0 Å². The standard InChI is InChI=1S/C12H20N4O.ClH/c13-7-10-15-16-11(17-10)14-8-9-6-12(9)4-2-1-3-5-12;/h9H,1-8,13H2,(H,14,16);1H. The first-order valence-corrected chi connectivity index (χ1v) is 6.59. The number of nitrogens with zero attached hydrogens (tertiary/aromatic N) is 2. The fourth-order valence-electron chi connectivity index (χ4n) is 3.21. The molecule has 1 atom stereocenters. The lowest BCUT2D eigenvalue weighted by atomic mass is 9.84. The lowest BCUT2D eigenvalue weighted by Gasteiger charge is -2.22. The first-order chi connectivity index (χ1) is 8.32. The fraction of sp³-hybridized carbons (Fsp3) is 0.833. The van der Waals surface area contributed by atoms with Gasteiger partial charge >= 0.3 is 6.01 Å². The highest BCUT2D eigenvalue weighted by Crippen LogP contribution is 2.61. The van der Waals surface area contributed by atoms with Crippen molar-refractivity contribution < 1.29 is 4.42 Å². The van der Waals surface area contributed by atoms with Crippen molar-refractivity contribution in [3.8, 4) is 0 Å². The maximum atomic E-state index is 5.42. The van der Waals surface area contributed by atoms with Crippen LogP contribution in [0.1, 0.15) is 44.4 Å². The van der Waals surface area contributed by atoms with Gasteiger partial charge < -0.3 is 15.5 Å². The van der Waals surface area contributed by atoms with Gasteiger partial charge in [-0.2, -0.15) is 0 Å². The summed E-state index contributed by atoms with van der Waals surface area (Å²) in [6.45, 7) is 1.27. The second kappa shape index (κ2) is 5.45. The Labute approximate surface area is 113 Å². The molecule has 2 saturated carbocycles. The maximum absolute atomic E-state index is 5.42. The molecule has 2 aliphatic carbocycles. The van der Waals surface area contributed by atoms with Gasteiger partial charge in [0.2, 0.25) is 5.89 Å². The van der Waals surface area contributed by atoms with Crippen LogP contribution in [-0.2, 0) is 6.54 Å². The third-order valence-electron chi connectivity index (χ3n) is 4.35. The van der Waals surface area contributed by atoms with E-state index in [0.717, 1.165) is 12.5 Å². The molecule has 3 N–H and O–H groups in total. The van der Waals surface area contributed by atoms with Gasteiger partial charge in [0.1, 0.15) is 0 Å². The number of aromatic nitrogens is 2. The Morgan fingerprint density at radius 2 is 2.06 bits per heavy atom. The van der Waals surface area contributed by atoms with Crippen molar-refractivity contribution >= 4 is 18.4 Å². The normalized spacial score (nSPS) is 24.6. The average molecular weight is 273 g/mol. The number of hydrogen-bond donors (Lipinski definition) is 2. The second-order valence-corrected chi connectivity index (χ2v) is 5.41. The number of nitrogens with one attached hydrogen (secondary N) is 1. The molecule has 2 fully saturated rings. The quantitative estimate of drug-likeness (QED) is 0.880. The van der Waals surface area contributed by atoms with Crippen molar-refractivity contribution in [3.05, 3.63) is 5.89 Å². The van der Waals surface area contributed by atoms with Gasteiger partial charge in [-0.05, 0) is 30.6 Å². The van der Waals surface area contributed by atoms with Crippen LogP contribution in [0.4, 0.5) is 6.01 Å². The molecular weight excluding hydrogens is 252 g/mol. The molecule has 0 saturated heterocycles. The maximum Gasteiger partial charge on any atom is 0.315 e. The van der Waals surface area contributed by atoms with E-state index in [1.165, 1.54) is 38.5 Å². The molecule has 102 valence electrons. The van der Waals surface area contributed by atoms with Crippen LogP contribution >= 0.6 is 12.4 Å². The fourth-order valence-corrected chi connectivity index (χ4v) is 3.21. The van der Waals surface area contributed by atoms with E-state index in [1.807, 2.05) is 0 Å². The molecule has 0 radical (unpaired) electrons. The van der Waals surface area contributed by atoms with E-state index in [1.54, 1.807) is 0 Å². The minimum Gasteiger partial charge on any atom is -0.407 e. The average Bonchev–Trinajstić information content (AvgIpc) is 2.84. The van der Waals surface area contributed by atoms with Crippen molar-refractivity contribution in [1.29, 1.82) is 0 Å². The summed E-state index contributed by atoms with van der Waals surface area (Å²) in [5, 5.41) is 11.0. The van der Waals surface area contributed by atoms with Crippen molar-refractivity contribution in [2.45, 2.75) is 45.1 Å². The number of anilines is 1. The van der Waals surface area contributed by atoms with E-state index in [4.69, 9.17) is 10.2 Å². The lowest BCUT2D eigenvalue weighted by molar-refractivity contribution is 0.310. The highest BCUT2D eigenvalue weighted by Gasteiger charge is 2.53. The summed E-state index contributed by atoms with van der Waals surface area (Å²) in [6, 6.07) is 0.517. The smallest absolute Gasteiger partial charge is 0.315 e. The van der Waals surface area contributed by atoms with E-state index >= 15 is 0 Å². The van der Waals surface area contributed by atoms with Gasteiger partial charge in [0.15, 0.2) is 0 Å². The molecule has 2 aliphatic rings. The molecule has 6 heteroatoms. The minimum atomic E-state index is 0. The summed E-state index contributed by atoms with van der Waals surface area (Å²) in [5.41, 5.74) is 6.07. The third kappa shape index (κ3) is 2.62. The van der Waals surface area contributed by atoms with E-state index in [2.05, 4.69) is 15.5 Å². The van der Waals surface area contributed by atoms with Crippen LogP contribution in [-0.4, -0.2) is 16.7 Å². The Balaban J connectivity index is 0.00000120. The highest BCUT2D eigenvalue weighted by atomic mass is 35.5. The van der Waals surface area contributed by atoms with E-state index in [-0.39, 0.29) is 12.4 Å². The molecule has 5 nitrogen and oxygen atoms in total. The molecule has 3 rings (SSSR count). The molecule has 1 unspecified atom stereocenters. The Morgan fingerprint density at radius 3 is 2.72 bits per heavy atom. The summed E-state index contributed by atoms with van der Waals surface area (Å²) < 4.78 is 5.33. The van der Waals surface area contributed by atoms with Gasteiger partial charge in [-0.3, -0.25) is 0 Å². The number of hydrogen-bond acceptors (Lipinski definition) is 5. The summed E-state index contributed by atoms with van der Waals surface area (Å²) in [7, 11) is 0. The van der Waals surface area contributed by atoms with E-state index < -0.39 is 0 Å². The molecule has 1 aromatic rings. The zero-order valence-electron chi connectivity index (χ0n) is 10.5. The Bertz CT molecular complexity index is 389. The molecule has 18 heavy (non-hydrogen) atoms. The van der Waals surface area contributed by atoms with Crippen LogP contribution in [0.5, 0.6) is 0 Å². The summed E-state index contributed by atoms with van der Waals surface area (Å²) in [4.78, 5) is 0. The van der Waals surface area contributed by atoms with Crippen molar-refractivity contribution in [3.63, 3.8) is 0 Å². The first-order valence-electron chi connectivity index (χ1n) is 6.59. The Kier molecular flexibility index (Phi) is 4.12. The second-order valence-electron chi connectivity index (χ2n) is 5.41.